The highest BCUT2D eigenvalue weighted by Gasteiger charge is 2.20. The van der Waals surface area contributed by atoms with Gasteiger partial charge in [0, 0.05) is 29.7 Å². The molecule has 1 aromatic carbocycles. The van der Waals surface area contributed by atoms with E-state index in [1.54, 1.807) is 0 Å². The third-order valence-corrected chi connectivity index (χ3v) is 4.50. The lowest BCUT2D eigenvalue weighted by Crippen LogP contribution is -2.36. The molecule has 0 saturated carbocycles. The van der Waals surface area contributed by atoms with Crippen molar-refractivity contribution >= 4 is 29.0 Å². The fourth-order valence-electron chi connectivity index (χ4n) is 2.69. The summed E-state index contributed by atoms with van der Waals surface area (Å²) in [6.45, 7) is 2.67. The fraction of sp³-hybridized carbons (Fsp3) is 0.375. The standard InChI is InChI=1S/C16H18Cl2N4/c17-13-3-1-12(2-4-13)16-20-14(18)9-15(21-16)22-7-5-11(10-19)6-8-22/h1-4,9,11H,5-8,10,19H2. The van der Waals surface area contributed by atoms with Crippen LogP contribution in [0.2, 0.25) is 10.2 Å². The van der Waals surface area contributed by atoms with Gasteiger partial charge >= 0.3 is 0 Å². The average Bonchev–Trinajstić information content (AvgIpc) is 2.55. The minimum absolute atomic E-state index is 0.455. The molecule has 6 heteroatoms. The third-order valence-electron chi connectivity index (χ3n) is 4.06. The van der Waals surface area contributed by atoms with Crippen molar-refractivity contribution in [2.45, 2.75) is 12.8 Å². The molecule has 4 nitrogen and oxygen atoms in total. The normalized spacial score (nSPS) is 16.0. The first kappa shape index (κ1) is 15.5. The molecular formula is C16H18Cl2N4. The zero-order chi connectivity index (χ0) is 15.5. The summed E-state index contributed by atoms with van der Waals surface area (Å²) in [6, 6.07) is 9.28. The molecule has 1 aliphatic rings. The Balaban J connectivity index is 1.85. The van der Waals surface area contributed by atoms with E-state index in [1.165, 1.54) is 0 Å². The molecule has 0 spiro atoms. The van der Waals surface area contributed by atoms with Gasteiger partial charge in [-0.1, -0.05) is 23.2 Å². The van der Waals surface area contributed by atoms with Gasteiger partial charge in [-0.05, 0) is 49.6 Å². The molecule has 0 atom stereocenters. The monoisotopic (exact) mass is 336 g/mol. The maximum absolute atomic E-state index is 6.18. The lowest BCUT2D eigenvalue weighted by molar-refractivity contribution is 0.413. The highest BCUT2D eigenvalue weighted by Crippen LogP contribution is 2.26. The minimum atomic E-state index is 0.455. The Morgan fingerprint density at radius 3 is 2.41 bits per heavy atom. The van der Waals surface area contributed by atoms with E-state index in [2.05, 4.69) is 14.9 Å². The molecule has 0 amide bonds. The molecule has 0 unspecified atom stereocenters. The number of aromatic nitrogens is 2. The van der Waals surface area contributed by atoms with Crippen LogP contribution in [0.25, 0.3) is 11.4 Å². The van der Waals surface area contributed by atoms with E-state index in [0.717, 1.165) is 43.9 Å². The number of hydrogen-bond acceptors (Lipinski definition) is 4. The van der Waals surface area contributed by atoms with Crippen LogP contribution in [0.3, 0.4) is 0 Å². The second kappa shape index (κ2) is 6.82. The SMILES string of the molecule is NCC1CCN(c2cc(Cl)nc(-c3ccc(Cl)cc3)n2)CC1. The predicted octanol–water partition coefficient (Wildman–Crippen LogP) is 3.63. The van der Waals surface area contributed by atoms with Crippen LogP contribution in [0.4, 0.5) is 5.82 Å². The zero-order valence-corrected chi connectivity index (χ0v) is 13.7. The molecule has 0 bridgehead atoms. The fourth-order valence-corrected chi connectivity index (χ4v) is 3.00. The van der Waals surface area contributed by atoms with Crippen molar-refractivity contribution < 1.29 is 0 Å². The van der Waals surface area contributed by atoms with Crippen molar-refractivity contribution in [3.05, 3.63) is 40.5 Å². The first-order valence-electron chi connectivity index (χ1n) is 7.41. The Bertz CT molecular complexity index is 637. The van der Waals surface area contributed by atoms with E-state index < -0.39 is 0 Å². The van der Waals surface area contributed by atoms with Crippen LogP contribution >= 0.6 is 23.2 Å². The van der Waals surface area contributed by atoms with Crippen molar-refractivity contribution in [3.8, 4) is 11.4 Å². The number of anilines is 1. The topological polar surface area (TPSA) is 55.0 Å². The summed E-state index contributed by atoms with van der Waals surface area (Å²) in [5, 5.41) is 1.14. The van der Waals surface area contributed by atoms with E-state index in [0.29, 0.717) is 21.9 Å². The van der Waals surface area contributed by atoms with E-state index in [-0.39, 0.29) is 0 Å². The van der Waals surface area contributed by atoms with Gasteiger partial charge in [-0.3, -0.25) is 0 Å². The number of nitrogens with two attached hydrogens (primary N) is 1. The van der Waals surface area contributed by atoms with Gasteiger partial charge in [0.25, 0.3) is 0 Å². The summed E-state index contributed by atoms with van der Waals surface area (Å²) >= 11 is 12.1. The van der Waals surface area contributed by atoms with Crippen LogP contribution in [0, 0.1) is 5.92 Å². The quantitative estimate of drug-likeness (QED) is 0.869. The van der Waals surface area contributed by atoms with Crippen molar-refractivity contribution in [2.75, 3.05) is 24.5 Å². The van der Waals surface area contributed by atoms with Crippen molar-refractivity contribution in [1.82, 2.24) is 9.97 Å². The molecule has 3 rings (SSSR count). The van der Waals surface area contributed by atoms with Gasteiger partial charge < -0.3 is 10.6 Å². The predicted molar refractivity (Wildman–Crippen MR) is 91.5 cm³/mol. The van der Waals surface area contributed by atoms with Gasteiger partial charge in [-0.15, -0.1) is 0 Å². The van der Waals surface area contributed by atoms with Gasteiger partial charge in [0.1, 0.15) is 11.0 Å². The number of nitrogens with zero attached hydrogens (tertiary/aromatic N) is 3. The van der Waals surface area contributed by atoms with Gasteiger partial charge in [0.05, 0.1) is 0 Å². The van der Waals surface area contributed by atoms with Crippen LogP contribution in [0.5, 0.6) is 0 Å². The van der Waals surface area contributed by atoms with Gasteiger partial charge in [0.15, 0.2) is 5.82 Å². The Morgan fingerprint density at radius 1 is 1.09 bits per heavy atom. The molecule has 2 aromatic rings. The van der Waals surface area contributed by atoms with Gasteiger partial charge in [-0.25, -0.2) is 9.97 Å². The number of benzene rings is 1. The van der Waals surface area contributed by atoms with Gasteiger partial charge in [-0.2, -0.15) is 0 Å². The smallest absolute Gasteiger partial charge is 0.163 e. The lowest BCUT2D eigenvalue weighted by Gasteiger charge is -2.32. The molecule has 2 heterocycles. The van der Waals surface area contributed by atoms with E-state index >= 15 is 0 Å². The Hall–Kier alpha value is -1.36. The van der Waals surface area contributed by atoms with Gasteiger partial charge in [0.2, 0.25) is 0 Å². The summed E-state index contributed by atoms with van der Waals surface area (Å²) in [7, 11) is 0. The van der Waals surface area contributed by atoms with Crippen LogP contribution in [-0.4, -0.2) is 29.6 Å². The molecule has 1 saturated heterocycles. The highest BCUT2D eigenvalue weighted by molar-refractivity contribution is 6.30. The largest absolute Gasteiger partial charge is 0.356 e. The summed E-state index contributed by atoms with van der Waals surface area (Å²) in [5.41, 5.74) is 6.66. The molecule has 1 fully saturated rings. The minimum Gasteiger partial charge on any atom is -0.356 e. The Morgan fingerprint density at radius 2 is 1.77 bits per heavy atom. The highest BCUT2D eigenvalue weighted by atomic mass is 35.5. The first-order valence-corrected chi connectivity index (χ1v) is 8.17. The van der Waals surface area contributed by atoms with Crippen LogP contribution in [-0.2, 0) is 0 Å². The molecule has 0 aliphatic carbocycles. The first-order chi connectivity index (χ1) is 10.7. The summed E-state index contributed by atoms with van der Waals surface area (Å²) < 4.78 is 0. The number of piperidine rings is 1. The van der Waals surface area contributed by atoms with Crippen molar-refractivity contribution in [2.24, 2.45) is 11.7 Å². The Labute approximate surface area is 140 Å². The molecule has 116 valence electrons. The van der Waals surface area contributed by atoms with Crippen molar-refractivity contribution in [3.63, 3.8) is 0 Å². The maximum atomic E-state index is 6.18. The molecule has 1 aliphatic heterocycles. The summed E-state index contributed by atoms with van der Waals surface area (Å²) in [4.78, 5) is 11.2. The molecule has 1 aromatic heterocycles. The molecule has 0 radical (unpaired) electrons. The number of rotatable bonds is 3. The second-order valence-electron chi connectivity index (χ2n) is 5.55. The molecule has 2 N–H and O–H groups in total. The van der Waals surface area contributed by atoms with E-state index in [4.69, 9.17) is 28.9 Å². The van der Waals surface area contributed by atoms with Crippen molar-refractivity contribution in [1.29, 1.82) is 0 Å². The summed E-state index contributed by atoms with van der Waals surface area (Å²) in [6.07, 6.45) is 2.18. The van der Waals surface area contributed by atoms with Crippen LogP contribution in [0.1, 0.15) is 12.8 Å². The van der Waals surface area contributed by atoms with Crippen LogP contribution in [0.15, 0.2) is 30.3 Å². The summed E-state index contributed by atoms with van der Waals surface area (Å²) in [5.74, 6) is 2.12. The third kappa shape index (κ3) is 3.51. The molecule has 22 heavy (non-hydrogen) atoms. The van der Waals surface area contributed by atoms with Crippen LogP contribution < -0.4 is 10.6 Å². The number of hydrogen-bond donors (Lipinski definition) is 1. The lowest BCUT2D eigenvalue weighted by atomic mass is 9.97. The average molecular weight is 337 g/mol. The maximum Gasteiger partial charge on any atom is 0.163 e. The number of halogens is 2. The Kier molecular flexibility index (Phi) is 4.81. The van der Waals surface area contributed by atoms with E-state index in [1.807, 2.05) is 30.3 Å². The molecular weight excluding hydrogens is 319 g/mol. The van der Waals surface area contributed by atoms with E-state index in [9.17, 15) is 0 Å². The zero-order valence-electron chi connectivity index (χ0n) is 12.2. The second-order valence-corrected chi connectivity index (χ2v) is 6.37.